The molecule has 5 heteroatoms. The molecule has 1 nitrogen and oxygen atoms in total. The number of hydrogen-bond acceptors (Lipinski definition) is 1. The van der Waals surface area contributed by atoms with Crippen LogP contribution in [0.25, 0.3) is 0 Å². The number of alkyl halides is 1. The lowest BCUT2D eigenvalue weighted by molar-refractivity contribution is 0.318. The molecular weight excluding hydrogens is 343 g/mol. The van der Waals surface area contributed by atoms with Crippen molar-refractivity contribution in [3.05, 3.63) is 58.6 Å². The van der Waals surface area contributed by atoms with Crippen LogP contribution in [0.5, 0.6) is 0 Å². The molecular formula is C16H17Cl3OSi. The number of halogens is 3. The van der Waals surface area contributed by atoms with Gasteiger partial charge < -0.3 is 4.43 Å². The second-order valence-electron chi connectivity index (χ2n) is 4.82. The molecule has 0 aliphatic heterocycles. The quantitative estimate of drug-likeness (QED) is 0.553. The lowest BCUT2D eigenvalue weighted by Gasteiger charge is -2.30. The number of rotatable bonds is 6. The molecule has 0 aliphatic rings. The van der Waals surface area contributed by atoms with Crippen molar-refractivity contribution < 1.29 is 4.43 Å². The Morgan fingerprint density at radius 1 is 0.857 bits per heavy atom. The zero-order chi connectivity index (χ0) is 15.3. The van der Waals surface area contributed by atoms with Crippen molar-refractivity contribution in [2.75, 3.05) is 12.1 Å². The zero-order valence-corrected chi connectivity index (χ0v) is 15.1. The summed E-state index contributed by atoms with van der Waals surface area (Å²) in [7, 11) is -2.44. The summed E-state index contributed by atoms with van der Waals surface area (Å²) >= 11 is 18.4. The number of hydrogen-bond donors (Lipinski definition) is 0. The molecule has 0 fully saturated rings. The Morgan fingerprint density at radius 2 is 1.29 bits per heavy atom. The van der Waals surface area contributed by atoms with Gasteiger partial charge in [-0.3, -0.25) is 0 Å². The van der Waals surface area contributed by atoms with E-state index in [2.05, 4.69) is 6.92 Å². The van der Waals surface area contributed by atoms with E-state index in [0.717, 1.165) is 16.8 Å². The van der Waals surface area contributed by atoms with E-state index in [9.17, 15) is 0 Å². The fourth-order valence-electron chi connectivity index (χ4n) is 2.24. The van der Waals surface area contributed by atoms with Gasteiger partial charge in [0.1, 0.15) is 0 Å². The third-order valence-electron chi connectivity index (χ3n) is 3.36. The van der Waals surface area contributed by atoms with E-state index < -0.39 is 8.32 Å². The van der Waals surface area contributed by atoms with E-state index in [1.165, 1.54) is 0 Å². The summed E-state index contributed by atoms with van der Waals surface area (Å²) in [5, 5.41) is 3.67. The minimum atomic E-state index is -2.44. The molecule has 0 amide bonds. The van der Waals surface area contributed by atoms with Gasteiger partial charge in [0.2, 0.25) is 0 Å². The molecule has 0 saturated heterocycles. The molecule has 0 aromatic heterocycles. The SMILES string of the molecule is CCCO[Si](CCl)(c1ccc(Cl)cc1)c1ccc(Cl)cc1. The van der Waals surface area contributed by atoms with Gasteiger partial charge in [-0.05, 0) is 41.1 Å². The normalized spacial score (nSPS) is 11.6. The van der Waals surface area contributed by atoms with Crippen LogP contribution in [0.2, 0.25) is 10.0 Å². The molecule has 0 heterocycles. The van der Waals surface area contributed by atoms with Crippen molar-refractivity contribution in [1.29, 1.82) is 0 Å². The molecule has 0 N–H and O–H groups in total. The molecule has 0 spiro atoms. The van der Waals surface area contributed by atoms with Gasteiger partial charge in [-0.15, -0.1) is 11.6 Å². The Bertz CT molecular complexity index is 524. The summed E-state index contributed by atoms with van der Waals surface area (Å²) in [4.78, 5) is 0. The van der Waals surface area contributed by atoms with Crippen LogP contribution in [-0.2, 0) is 4.43 Å². The average Bonchev–Trinajstić information content (AvgIpc) is 2.51. The van der Waals surface area contributed by atoms with E-state index in [1.807, 2.05) is 48.5 Å². The van der Waals surface area contributed by atoms with Crippen LogP contribution >= 0.6 is 34.8 Å². The first-order chi connectivity index (χ1) is 10.1. The fraction of sp³-hybridized carbons (Fsp3) is 0.250. The predicted octanol–water partition coefficient (Wildman–Crippen LogP) is 4.26. The maximum absolute atomic E-state index is 6.38. The van der Waals surface area contributed by atoms with Crippen LogP contribution < -0.4 is 10.4 Å². The summed E-state index contributed by atoms with van der Waals surface area (Å²) < 4.78 is 6.30. The van der Waals surface area contributed by atoms with Gasteiger partial charge in [0.25, 0.3) is 8.32 Å². The van der Waals surface area contributed by atoms with Crippen molar-refractivity contribution in [1.82, 2.24) is 0 Å². The van der Waals surface area contributed by atoms with Gasteiger partial charge in [-0.1, -0.05) is 54.4 Å². The molecule has 0 aliphatic carbocycles. The van der Waals surface area contributed by atoms with Crippen LogP contribution in [-0.4, -0.2) is 20.4 Å². The molecule has 112 valence electrons. The second kappa shape index (κ2) is 7.66. The largest absolute Gasteiger partial charge is 0.407 e. The highest BCUT2D eigenvalue weighted by molar-refractivity contribution is 7.01. The summed E-state index contributed by atoms with van der Waals surface area (Å²) in [5.74, 6) is 0. The minimum Gasteiger partial charge on any atom is -0.407 e. The van der Waals surface area contributed by atoms with Crippen molar-refractivity contribution in [2.45, 2.75) is 13.3 Å². The molecule has 2 rings (SSSR count). The molecule has 21 heavy (non-hydrogen) atoms. The van der Waals surface area contributed by atoms with E-state index >= 15 is 0 Å². The lowest BCUT2D eigenvalue weighted by atomic mass is 10.4. The Hall–Kier alpha value is -0.513. The third kappa shape index (κ3) is 3.82. The Labute approximate surface area is 141 Å². The van der Waals surface area contributed by atoms with Crippen molar-refractivity contribution in [3.63, 3.8) is 0 Å². The standard InChI is InChI=1S/C16H17Cl3OSi/c1-2-11-20-21(12-17,15-7-3-13(18)4-8-15)16-9-5-14(19)6-10-16/h3-10H,2,11-12H2,1H3. The first kappa shape index (κ1) is 16.9. The lowest BCUT2D eigenvalue weighted by Crippen LogP contribution is -2.63. The van der Waals surface area contributed by atoms with E-state index in [4.69, 9.17) is 39.2 Å². The molecule has 0 bridgehead atoms. The van der Waals surface area contributed by atoms with Gasteiger partial charge in [0.15, 0.2) is 0 Å². The Morgan fingerprint density at radius 3 is 1.62 bits per heavy atom. The monoisotopic (exact) mass is 358 g/mol. The predicted molar refractivity (Wildman–Crippen MR) is 94.9 cm³/mol. The maximum atomic E-state index is 6.38. The first-order valence-corrected chi connectivity index (χ1v) is 10.2. The Balaban J connectivity index is 2.51. The fourth-order valence-corrected chi connectivity index (χ4v) is 6.67. The summed E-state index contributed by atoms with van der Waals surface area (Å²) in [5.41, 5.74) is 0.455. The van der Waals surface area contributed by atoms with Gasteiger partial charge >= 0.3 is 0 Å². The third-order valence-corrected chi connectivity index (χ3v) is 8.60. The van der Waals surface area contributed by atoms with Crippen LogP contribution in [0, 0.1) is 0 Å². The van der Waals surface area contributed by atoms with Crippen LogP contribution in [0.4, 0.5) is 0 Å². The summed E-state index contributed by atoms with van der Waals surface area (Å²) in [6.07, 6.45) is 0.951. The van der Waals surface area contributed by atoms with Gasteiger partial charge in [-0.2, -0.15) is 0 Å². The van der Waals surface area contributed by atoms with Crippen LogP contribution in [0.3, 0.4) is 0 Å². The van der Waals surface area contributed by atoms with Gasteiger partial charge in [-0.25, -0.2) is 0 Å². The topological polar surface area (TPSA) is 9.23 Å². The highest BCUT2D eigenvalue weighted by Gasteiger charge is 2.38. The number of benzene rings is 2. The molecule has 0 radical (unpaired) electrons. The van der Waals surface area contributed by atoms with Gasteiger partial charge in [0, 0.05) is 22.2 Å². The van der Waals surface area contributed by atoms with Crippen molar-refractivity contribution in [2.24, 2.45) is 0 Å². The first-order valence-electron chi connectivity index (χ1n) is 6.84. The molecule has 0 unspecified atom stereocenters. The molecule has 2 aromatic carbocycles. The van der Waals surface area contributed by atoms with Gasteiger partial charge in [0.05, 0.1) is 0 Å². The van der Waals surface area contributed by atoms with Crippen molar-refractivity contribution >= 4 is 53.5 Å². The second-order valence-corrected chi connectivity index (χ2v) is 9.86. The van der Waals surface area contributed by atoms with E-state index in [-0.39, 0.29) is 0 Å². The summed E-state index contributed by atoms with van der Waals surface area (Å²) in [6.45, 7) is 2.78. The van der Waals surface area contributed by atoms with Crippen LogP contribution in [0.15, 0.2) is 48.5 Å². The van der Waals surface area contributed by atoms with E-state index in [1.54, 1.807) is 0 Å². The highest BCUT2D eigenvalue weighted by Crippen LogP contribution is 2.15. The summed E-state index contributed by atoms with van der Waals surface area (Å²) in [6, 6.07) is 15.6. The Kier molecular flexibility index (Phi) is 6.15. The van der Waals surface area contributed by atoms with Crippen LogP contribution in [0.1, 0.15) is 13.3 Å². The molecule has 0 saturated carbocycles. The molecule has 2 aromatic rings. The average molecular weight is 360 g/mol. The smallest absolute Gasteiger partial charge is 0.270 e. The highest BCUT2D eigenvalue weighted by atomic mass is 35.5. The van der Waals surface area contributed by atoms with Crippen molar-refractivity contribution in [3.8, 4) is 0 Å². The maximum Gasteiger partial charge on any atom is 0.270 e. The zero-order valence-electron chi connectivity index (χ0n) is 11.8. The minimum absolute atomic E-state index is 0.455. The molecule has 0 atom stereocenters. The van der Waals surface area contributed by atoms with E-state index in [0.29, 0.717) is 22.2 Å².